The number of anilines is 1. The molecule has 0 spiro atoms. The lowest BCUT2D eigenvalue weighted by Crippen LogP contribution is -1.91. The molecule has 2 N–H and O–H groups in total. The maximum atomic E-state index is 10.9. The first-order valence-corrected chi connectivity index (χ1v) is 4.71. The number of aldehydes is 1. The van der Waals surface area contributed by atoms with Crippen molar-refractivity contribution >= 4 is 12.0 Å². The first-order valence-electron chi connectivity index (χ1n) is 4.71. The van der Waals surface area contributed by atoms with Crippen LogP contribution >= 0.6 is 0 Å². The summed E-state index contributed by atoms with van der Waals surface area (Å²) in [5.74, 6) is 0. The van der Waals surface area contributed by atoms with Gasteiger partial charge in [0.1, 0.15) is 0 Å². The molecule has 0 saturated heterocycles. The van der Waals surface area contributed by atoms with Crippen molar-refractivity contribution < 1.29 is 4.79 Å². The monoisotopic (exact) mass is 197 g/mol. The van der Waals surface area contributed by atoms with Crippen molar-refractivity contribution in [3.05, 3.63) is 54.1 Å². The van der Waals surface area contributed by atoms with Crippen LogP contribution < -0.4 is 5.73 Å². The summed E-state index contributed by atoms with van der Waals surface area (Å²) in [7, 11) is 0. The van der Waals surface area contributed by atoms with Crippen LogP contribution in [0.2, 0.25) is 0 Å². The molecule has 0 bridgehead atoms. The fraction of sp³-hybridized carbons (Fsp3) is 0. The van der Waals surface area contributed by atoms with Gasteiger partial charge in [0.2, 0.25) is 0 Å². The normalized spacial score (nSPS) is 9.87. The Labute approximate surface area is 88.4 Å². The zero-order valence-electron chi connectivity index (χ0n) is 8.18. The fourth-order valence-electron chi connectivity index (χ4n) is 1.54. The van der Waals surface area contributed by atoms with Crippen LogP contribution in [-0.2, 0) is 0 Å². The van der Waals surface area contributed by atoms with Crippen LogP contribution in [0.25, 0.3) is 11.1 Å². The van der Waals surface area contributed by atoms with Crippen molar-refractivity contribution in [1.82, 2.24) is 0 Å². The maximum absolute atomic E-state index is 10.9. The summed E-state index contributed by atoms with van der Waals surface area (Å²) >= 11 is 0. The molecule has 2 aromatic rings. The van der Waals surface area contributed by atoms with Gasteiger partial charge in [0.25, 0.3) is 0 Å². The highest BCUT2D eigenvalue weighted by molar-refractivity contribution is 5.88. The molecular formula is C13H11NO. The Morgan fingerprint density at radius 2 is 1.73 bits per heavy atom. The van der Waals surface area contributed by atoms with E-state index in [9.17, 15) is 4.79 Å². The first kappa shape index (κ1) is 9.46. The minimum Gasteiger partial charge on any atom is -0.399 e. The van der Waals surface area contributed by atoms with E-state index in [1.165, 1.54) is 0 Å². The summed E-state index contributed by atoms with van der Waals surface area (Å²) in [5, 5.41) is 0. The van der Waals surface area contributed by atoms with Crippen LogP contribution in [0.3, 0.4) is 0 Å². The fourth-order valence-corrected chi connectivity index (χ4v) is 1.54. The summed E-state index contributed by atoms with van der Waals surface area (Å²) in [6.07, 6.45) is 0.849. The minimum absolute atomic E-state index is 0.662. The minimum atomic E-state index is 0.662. The van der Waals surface area contributed by atoms with Crippen molar-refractivity contribution in [3.8, 4) is 11.1 Å². The van der Waals surface area contributed by atoms with E-state index in [0.717, 1.165) is 17.4 Å². The molecule has 74 valence electrons. The van der Waals surface area contributed by atoms with Crippen molar-refractivity contribution in [2.24, 2.45) is 0 Å². The molecule has 0 fully saturated rings. The second-order valence-electron chi connectivity index (χ2n) is 3.33. The van der Waals surface area contributed by atoms with Crippen LogP contribution in [0.1, 0.15) is 10.4 Å². The van der Waals surface area contributed by atoms with E-state index < -0.39 is 0 Å². The second kappa shape index (κ2) is 3.96. The van der Waals surface area contributed by atoms with Gasteiger partial charge in [0, 0.05) is 11.3 Å². The van der Waals surface area contributed by atoms with Gasteiger partial charge in [0.15, 0.2) is 6.29 Å². The van der Waals surface area contributed by atoms with Crippen LogP contribution in [0, 0.1) is 0 Å². The molecular weight excluding hydrogens is 186 g/mol. The first-order chi connectivity index (χ1) is 7.31. The molecule has 0 aromatic heterocycles. The largest absolute Gasteiger partial charge is 0.399 e. The van der Waals surface area contributed by atoms with E-state index in [1.54, 1.807) is 12.1 Å². The van der Waals surface area contributed by atoms with Gasteiger partial charge in [0.05, 0.1) is 0 Å². The number of hydrogen-bond acceptors (Lipinski definition) is 2. The highest BCUT2D eigenvalue weighted by Crippen LogP contribution is 2.24. The van der Waals surface area contributed by atoms with Gasteiger partial charge in [-0.05, 0) is 29.3 Å². The van der Waals surface area contributed by atoms with Gasteiger partial charge in [-0.25, -0.2) is 0 Å². The molecule has 2 aromatic carbocycles. The van der Waals surface area contributed by atoms with Crippen molar-refractivity contribution in [1.29, 1.82) is 0 Å². The van der Waals surface area contributed by atoms with Gasteiger partial charge >= 0.3 is 0 Å². The summed E-state index contributed by atoms with van der Waals surface area (Å²) in [6, 6.07) is 15.0. The average Bonchev–Trinajstić information content (AvgIpc) is 2.30. The molecule has 2 heteroatoms. The lowest BCUT2D eigenvalue weighted by Gasteiger charge is -2.05. The standard InChI is InChI=1S/C13H11NO/c14-12-7-6-11(9-15)13(8-12)10-4-2-1-3-5-10/h1-9H,14H2. The molecule has 0 aliphatic heterocycles. The summed E-state index contributed by atoms with van der Waals surface area (Å²) in [6.45, 7) is 0. The molecule has 0 atom stereocenters. The van der Waals surface area contributed by atoms with Gasteiger partial charge < -0.3 is 5.73 Å². The quantitative estimate of drug-likeness (QED) is 0.594. The third kappa shape index (κ3) is 1.89. The predicted molar refractivity (Wildman–Crippen MR) is 61.7 cm³/mol. The molecule has 0 unspecified atom stereocenters. The molecule has 15 heavy (non-hydrogen) atoms. The summed E-state index contributed by atoms with van der Waals surface area (Å²) in [5.41, 5.74) is 8.92. The Bertz CT molecular complexity index is 477. The number of carbonyl (C=O) groups excluding carboxylic acids is 1. The number of carbonyl (C=O) groups is 1. The third-order valence-corrected chi connectivity index (χ3v) is 2.29. The van der Waals surface area contributed by atoms with E-state index in [1.807, 2.05) is 36.4 Å². The molecule has 0 aliphatic carbocycles. The van der Waals surface area contributed by atoms with E-state index >= 15 is 0 Å². The number of hydrogen-bond donors (Lipinski definition) is 1. The zero-order valence-corrected chi connectivity index (χ0v) is 8.18. The Hall–Kier alpha value is -2.09. The molecule has 2 nitrogen and oxygen atoms in total. The lowest BCUT2D eigenvalue weighted by atomic mass is 10.00. The highest BCUT2D eigenvalue weighted by atomic mass is 16.1. The zero-order chi connectivity index (χ0) is 10.7. The lowest BCUT2D eigenvalue weighted by molar-refractivity contribution is 0.112. The van der Waals surface area contributed by atoms with Crippen molar-refractivity contribution in [2.75, 3.05) is 5.73 Å². The number of benzene rings is 2. The van der Waals surface area contributed by atoms with Gasteiger partial charge in [-0.3, -0.25) is 4.79 Å². The Morgan fingerprint density at radius 3 is 2.40 bits per heavy atom. The van der Waals surface area contributed by atoms with E-state index in [4.69, 9.17) is 5.73 Å². The van der Waals surface area contributed by atoms with Crippen molar-refractivity contribution in [3.63, 3.8) is 0 Å². The van der Waals surface area contributed by atoms with E-state index in [2.05, 4.69) is 0 Å². The molecule has 0 amide bonds. The molecule has 0 radical (unpaired) electrons. The van der Waals surface area contributed by atoms with Crippen LogP contribution in [0.5, 0.6) is 0 Å². The summed E-state index contributed by atoms with van der Waals surface area (Å²) in [4.78, 5) is 10.9. The average molecular weight is 197 g/mol. The second-order valence-corrected chi connectivity index (χ2v) is 3.33. The van der Waals surface area contributed by atoms with E-state index in [0.29, 0.717) is 11.3 Å². The number of rotatable bonds is 2. The highest BCUT2D eigenvalue weighted by Gasteiger charge is 2.03. The molecule has 0 aliphatic rings. The number of nitrogen functional groups attached to an aromatic ring is 1. The number of nitrogens with two attached hydrogens (primary N) is 1. The Kier molecular flexibility index (Phi) is 2.50. The Balaban J connectivity index is 2.61. The van der Waals surface area contributed by atoms with E-state index in [-0.39, 0.29) is 0 Å². The smallest absolute Gasteiger partial charge is 0.150 e. The molecule has 2 rings (SSSR count). The van der Waals surface area contributed by atoms with Gasteiger partial charge in [-0.2, -0.15) is 0 Å². The maximum Gasteiger partial charge on any atom is 0.150 e. The van der Waals surface area contributed by atoms with Crippen molar-refractivity contribution in [2.45, 2.75) is 0 Å². The van der Waals surface area contributed by atoms with Gasteiger partial charge in [-0.1, -0.05) is 30.3 Å². The SMILES string of the molecule is Nc1ccc(C=O)c(-c2ccccc2)c1. The summed E-state index contributed by atoms with van der Waals surface area (Å²) < 4.78 is 0. The Morgan fingerprint density at radius 1 is 1.00 bits per heavy atom. The predicted octanol–water partition coefficient (Wildman–Crippen LogP) is 2.75. The third-order valence-electron chi connectivity index (χ3n) is 2.29. The topological polar surface area (TPSA) is 43.1 Å². The van der Waals surface area contributed by atoms with Crippen LogP contribution in [0.15, 0.2) is 48.5 Å². The van der Waals surface area contributed by atoms with Crippen LogP contribution in [-0.4, -0.2) is 6.29 Å². The molecule has 0 heterocycles. The van der Waals surface area contributed by atoms with Crippen LogP contribution in [0.4, 0.5) is 5.69 Å². The molecule has 0 saturated carbocycles. The van der Waals surface area contributed by atoms with Gasteiger partial charge in [-0.15, -0.1) is 0 Å².